The number of benzene rings is 3. The normalized spacial score (nSPS) is 11.1. The third-order valence-electron chi connectivity index (χ3n) is 4.16. The first-order valence-corrected chi connectivity index (χ1v) is 10.2. The molecule has 0 aliphatic heterocycles. The molecule has 0 amide bonds. The van der Waals surface area contributed by atoms with E-state index in [1.54, 1.807) is 42.5 Å². The highest BCUT2D eigenvalue weighted by molar-refractivity contribution is 7.90. The second-order valence-electron chi connectivity index (χ2n) is 6.18. The van der Waals surface area contributed by atoms with Crippen LogP contribution in [0.5, 0.6) is 0 Å². The maximum absolute atomic E-state index is 13.1. The zero-order valence-electron chi connectivity index (χ0n) is 15.3. The number of carbonyl (C=O) groups excluding carboxylic acids is 1. The fraction of sp³-hybridized carbons (Fsp3) is 0.0952. The summed E-state index contributed by atoms with van der Waals surface area (Å²) in [6.45, 7) is 0. The Morgan fingerprint density at radius 3 is 2.11 bits per heavy atom. The van der Waals surface area contributed by atoms with Crippen LogP contribution in [0.3, 0.4) is 0 Å². The molecular formula is C21H18FNO4S. The van der Waals surface area contributed by atoms with Crippen molar-refractivity contribution in [2.45, 2.75) is 4.90 Å². The summed E-state index contributed by atoms with van der Waals surface area (Å²) in [7, 11) is -1.99. The van der Waals surface area contributed by atoms with Crippen molar-refractivity contribution >= 4 is 27.2 Å². The second-order valence-corrected chi connectivity index (χ2v) is 8.20. The lowest BCUT2D eigenvalue weighted by atomic mass is 10.0. The summed E-state index contributed by atoms with van der Waals surface area (Å²) in [5, 5.41) is 3.10. The van der Waals surface area contributed by atoms with Crippen LogP contribution in [0.4, 0.5) is 15.8 Å². The lowest BCUT2D eigenvalue weighted by molar-refractivity contribution is 0.0602. The molecule has 0 fully saturated rings. The number of sulfone groups is 1. The summed E-state index contributed by atoms with van der Waals surface area (Å²) in [6, 6.07) is 17.3. The molecule has 0 unspecified atom stereocenters. The van der Waals surface area contributed by atoms with Crippen LogP contribution in [-0.4, -0.2) is 27.8 Å². The van der Waals surface area contributed by atoms with Crippen LogP contribution in [0.25, 0.3) is 11.1 Å². The molecule has 1 N–H and O–H groups in total. The molecule has 0 aliphatic carbocycles. The van der Waals surface area contributed by atoms with Gasteiger partial charge in [-0.25, -0.2) is 17.6 Å². The molecule has 0 saturated carbocycles. The smallest absolute Gasteiger partial charge is 0.339 e. The van der Waals surface area contributed by atoms with Gasteiger partial charge in [-0.2, -0.15) is 0 Å². The van der Waals surface area contributed by atoms with Gasteiger partial charge in [-0.3, -0.25) is 0 Å². The number of anilines is 2. The van der Waals surface area contributed by atoms with Crippen molar-refractivity contribution in [2.24, 2.45) is 0 Å². The van der Waals surface area contributed by atoms with Crippen LogP contribution < -0.4 is 5.32 Å². The molecule has 3 aromatic carbocycles. The van der Waals surface area contributed by atoms with Crippen LogP contribution in [0.2, 0.25) is 0 Å². The second kappa shape index (κ2) is 7.82. The van der Waals surface area contributed by atoms with Crippen molar-refractivity contribution in [2.75, 3.05) is 18.7 Å². The van der Waals surface area contributed by atoms with E-state index in [1.807, 2.05) is 0 Å². The highest BCUT2D eigenvalue weighted by Crippen LogP contribution is 2.29. The number of carbonyl (C=O) groups is 1. The van der Waals surface area contributed by atoms with E-state index in [1.165, 1.54) is 31.4 Å². The highest BCUT2D eigenvalue weighted by atomic mass is 32.2. The van der Waals surface area contributed by atoms with Crippen molar-refractivity contribution in [3.63, 3.8) is 0 Å². The Hall–Kier alpha value is -3.19. The van der Waals surface area contributed by atoms with Gasteiger partial charge in [-0.1, -0.05) is 18.2 Å². The van der Waals surface area contributed by atoms with E-state index in [-0.39, 0.29) is 10.7 Å². The first kappa shape index (κ1) is 19.6. The average Bonchev–Trinajstić information content (AvgIpc) is 2.68. The predicted molar refractivity (Wildman–Crippen MR) is 106 cm³/mol. The number of esters is 1. The van der Waals surface area contributed by atoms with Crippen molar-refractivity contribution < 1.29 is 22.3 Å². The monoisotopic (exact) mass is 399 g/mol. The number of rotatable bonds is 5. The minimum atomic E-state index is -3.28. The molecule has 28 heavy (non-hydrogen) atoms. The molecule has 0 spiro atoms. The Balaban J connectivity index is 2.01. The van der Waals surface area contributed by atoms with Crippen molar-refractivity contribution in [3.8, 4) is 11.1 Å². The van der Waals surface area contributed by atoms with Gasteiger partial charge in [0.05, 0.1) is 23.3 Å². The van der Waals surface area contributed by atoms with Crippen molar-refractivity contribution in [1.82, 2.24) is 0 Å². The minimum absolute atomic E-state index is 0.229. The first-order valence-electron chi connectivity index (χ1n) is 8.33. The van der Waals surface area contributed by atoms with E-state index in [0.29, 0.717) is 16.9 Å². The number of hydrogen-bond acceptors (Lipinski definition) is 5. The Labute approximate surface area is 162 Å². The van der Waals surface area contributed by atoms with Gasteiger partial charge in [0.25, 0.3) is 0 Å². The molecule has 0 radical (unpaired) electrons. The Bertz CT molecular complexity index is 1110. The average molecular weight is 399 g/mol. The number of halogens is 1. The SMILES string of the molecule is COC(=O)c1ccc(-c2ccc(S(C)(=O)=O)cc2)cc1Nc1ccc(F)cc1. The molecule has 5 nitrogen and oxygen atoms in total. The molecular weight excluding hydrogens is 381 g/mol. The fourth-order valence-electron chi connectivity index (χ4n) is 2.70. The van der Waals surface area contributed by atoms with Gasteiger partial charge in [0, 0.05) is 11.9 Å². The highest BCUT2D eigenvalue weighted by Gasteiger charge is 2.14. The summed E-state index contributed by atoms with van der Waals surface area (Å²) in [5.41, 5.74) is 2.98. The van der Waals surface area contributed by atoms with Gasteiger partial charge < -0.3 is 10.1 Å². The number of ether oxygens (including phenoxy) is 1. The predicted octanol–water partition coefficient (Wildman–Crippen LogP) is 4.43. The lowest BCUT2D eigenvalue weighted by Gasteiger charge is -2.13. The fourth-order valence-corrected chi connectivity index (χ4v) is 3.33. The van der Waals surface area contributed by atoms with E-state index in [2.05, 4.69) is 5.32 Å². The third-order valence-corrected chi connectivity index (χ3v) is 5.29. The Morgan fingerprint density at radius 2 is 1.54 bits per heavy atom. The zero-order valence-corrected chi connectivity index (χ0v) is 16.1. The molecule has 3 aromatic rings. The topological polar surface area (TPSA) is 72.5 Å². The number of hydrogen-bond donors (Lipinski definition) is 1. The number of methoxy groups -OCH3 is 1. The Kier molecular flexibility index (Phi) is 5.46. The molecule has 0 saturated heterocycles. The lowest BCUT2D eigenvalue weighted by Crippen LogP contribution is -2.06. The van der Waals surface area contributed by atoms with Crippen LogP contribution in [0.15, 0.2) is 71.6 Å². The summed E-state index contributed by atoms with van der Waals surface area (Å²) in [5.74, 6) is -0.873. The molecule has 0 bridgehead atoms. The largest absolute Gasteiger partial charge is 0.465 e. The summed E-state index contributed by atoms with van der Waals surface area (Å²) in [4.78, 5) is 12.3. The standard InChI is InChI=1S/C21H18FNO4S/c1-27-21(24)19-12-5-15(14-3-10-18(11-4-14)28(2,25)26)13-20(19)23-17-8-6-16(22)7-9-17/h3-13,23H,1-2H3. The van der Waals surface area contributed by atoms with E-state index >= 15 is 0 Å². The van der Waals surface area contributed by atoms with E-state index in [4.69, 9.17) is 4.74 Å². The quantitative estimate of drug-likeness (QED) is 0.643. The molecule has 3 rings (SSSR count). The molecule has 7 heteroatoms. The summed E-state index contributed by atoms with van der Waals surface area (Å²) < 4.78 is 41.2. The van der Waals surface area contributed by atoms with Gasteiger partial charge in [-0.05, 0) is 59.7 Å². The molecule has 0 atom stereocenters. The number of nitrogens with one attached hydrogen (secondary N) is 1. The van der Waals surface area contributed by atoms with Crippen LogP contribution in [0.1, 0.15) is 10.4 Å². The van der Waals surface area contributed by atoms with Crippen LogP contribution in [0, 0.1) is 5.82 Å². The van der Waals surface area contributed by atoms with Gasteiger partial charge in [0.15, 0.2) is 9.84 Å². The van der Waals surface area contributed by atoms with E-state index in [0.717, 1.165) is 17.4 Å². The zero-order chi connectivity index (χ0) is 20.3. The van der Waals surface area contributed by atoms with Crippen molar-refractivity contribution in [1.29, 1.82) is 0 Å². The minimum Gasteiger partial charge on any atom is -0.465 e. The van der Waals surface area contributed by atoms with Crippen molar-refractivity contribution in [3.05, 3.63) is 78.1 Å². The summed E-state index contributed by atoms with van der Waals surface area (Å²) in [6.07, 6.45) is 1.15. The summed E-state index contributed by atoms with van der Waals surface area (Å²) >= 11 is 0. The van der Waals surface area contributed by atoms with E-state index < -0.39 is 15.8 Å². The van der Waals surface area contributed by atoms with E-state index in [9.17, 15) is 17.6 Å². The van der Waals surface area contributed by atoms with Gasteiger partial charge in [0.1, 0.15) is 5.82 Å². The van der Waals surface area contributed by atoms with Gasteiger partial charge in [-0.15, -0.1) is 0 Å². The molecule has 0 aliphatic rings. The van der Waals surface area contributed by atoms with Crippen LogP contribution in [-0.2, 0) is 14.6 Å². The maximum atomic E-state index is 13.1. The van der Waals surface area contributed by atoms with Gasteiger partial charge >= 0.3 is 5.97 Å². The van der Waals surface area contributed by atoms with Crippen LogP contribution >= 0.6 is 0 Å². The Morgan fingerprint density at radius 1 is 0.929 bits per heavy atom. The molecule has 0 heterocycles. The van der Waals surface area contributed by atoms with Gasteiger partial charge in [0.2, 0.25) is 0 Å². The first-order chi connectivity index (χ1) is 13.3. The molecule has 0 aromatic heterocycles. The maximum Gasteiger partial charge on any atom is 0.339 e. The molecule has 144 valence electrons. The third kappa shape index (κ3) is 4.37.